The van der Waals surface area contributed by atoms with Gasteiger partial charge in [-0.15, -0.1) is 0 Å². The van der Waals surface area contributed by atoms with Crippen LogP contribution in [0.15, 0.2) is 0 Å². The Morgan fingerprint density at radius 1 is 0.941 bits per heavy atom. The van der Waals surface area contributed by atoms with Crippen molar-refractivity contribution in [3.8, 4) is 0 Å². The van der Waals surface area contributed by atoms with E-state index in [-0.39, 0.29) is 0 Å². The molecule has 2 saturated heterocycles. The van der Waals surface area contributed by atoms with Gasteiger partial charge < -0.3 is 10.2 Å². The molecule has 2 fully saturated rings. The summed E-state index contributed by atoms with van der Waals surface area (Å²) in [6.07, 6.45) is 12.8. The Labute approximate surface area is 107 Å². The Hall–Kier alpha value is -0.0800. The molecule has 2 aliphatic heterocycles. The van der Waals surface area contributed by atoms with Crippen LogP contribution in [0, 0.1) is 0 Å². The molecule has 0 aromatic heterocycles. The molecule has 2 nitrogen and oxygen atoms in total. The summed E-state index contributed by atoms with van der Waals surface area (Å²) in [4.78, 5) is 2.71. The van der Waals surface area contributed by atoms with E-state index in [0.717, 1.165) is 12.1 Å². The first-order valence-corrected chi connectivity index (χ1v) is 7.87. The van der Waals surface area contributed by atoms with Gasteiger partial charge in [0.15, 0.2) is 0 Å². The first kappa shape index (κ1) is 13.4. The largest absolute Gasteiger partial charge is 0.310 e. The van der Waals surface area contributed by atoms with Crippen molar-refractivity contribution in [3.05, 3.63) is 0 Å². The van der Waals surface area contributed by atoms with Gasteiger partial charge in [0.05, 0.1) is 0 Å². The van der Waals surface area contributed by atoms with E-state index in [0.29, 0.717) is 0 Å². The molecule has 2 rings (SSSR count). The first-order chi connectivity index (χ1) is 8.38. The second-order valence-electron chi connectivity index (χ2n) is 5.99. The number of rotatable bonds is 7. The van der Waals surface area contributed by atoms with Crippen LogP contribution in [0.3, 0.4) is 0 Å². The van der Waals surface area contributed by atoms with Crippen molar-refractivity contribution >= 4 is 0 Å². The number of nitrogens with zero attached hydrogens (tertiary/aromatic N) is 1. The van der Waals surface area contributed by atoms with E-state index in [1.165, 1.54) is 77.4 Å². The Balaban J connectivity index is 1.53. The monoisotopic (exact) mass is 238 g/mol. The molecule has 0 aromatic carbocycles. The van der Waals surface area contributed by atoms with Crippen LogP contribution in [0.1, 0.15) is 64.7 Å². The number of nitrogens with one attached hydrogen (secondary N) is 1. The van der Waals surface area contributed by atoms with Gasteiger partial charge >= 0.3 is 0 Å². The predicted molar refractivity (Wildman–Crippen MR) is 74.4 cm³/mol. The van der Waals surface area contributed by atoms with Crippen molar-refractivity contribution in [2.75, 3.05) is 19.6 Å². The molecule has 2 heterocycles. The molecule has 17 heavy (non-hydrogen) atoms. The van der Waals surface area contributed by atoms with Crippen LogP contribution in [0.4, 0.5) is 0 Å². The highest BCUT2D eigenvalue weighted by Crippen LogP contribution is 2.20. The maximum Gasteiger partial charge on any atom is 0.0198 e. The van der Waals surface area contributed by atoms with Crippen molar-refractivity contribution in [1.29, 1.82) is 0 Å². The molecule has 0 amide bonds. The first-order valence-electron chi connectivity index (χ1n) is 7.87. The van der Waals surface area contributed by atoms with Crippen LogP contribution < -0.4 is 5.32 Å². The second kappa shape index (κ2) is 7.38. The van der Waals surface area contributed by atoms with Gasteiger partial charge in [0.2, 0.25) is 0 Å². The van der Waals surface area contributed by atoms with Crippen molar-refractivity contribution in [1.82, 2.24) is 10.2 Å². The molecule has 2 bridgehead atoms. The number of unbranched alkanes of at least 4 members (excludes halogenated alkanes) is 5. The summed E-state index contributed by atoms with van der Waals surface area (Å²) in [7, 11) is 0. The molecule has 0 aliphatic carbocycles. The van der Waals surface area contributed by atoms with Crippen LogP contribution in [0.25, 0.3) is 0 Å². The van der Waals surface area contributed by atoms with Crippen molar-refractivity contribution < 1.29 is 0 Å². The lowest BCUT2D eigenvalue weighted by atomic mass is 10.1. The molecule has 2 aliphatic rings. The van der Waals surface area contributed by atoms with E-state index in [1.807, 2.05) is 0 Å². The fourth-order valence-corrected chi connectivity index (χ4v) is 3.33. The number of likely N-dealkylation sites (tertiary alicyclic amines) is 1. The normalized spacial score (nSPS) is 29.5. The van der Waals surface area contributed by atoms with E-state index >= 15 is 0 Å². The van der Waals surface area contributed by atoms with Gasteiger partial charge in [-0.1, -0.05) is 39.0 Å². The maximum atomic E-state index is 3.76. The highest BCUT2D eigenvalue weighted by atomic mass is 15.2. The Bertz CT molecular complexity index is 205. The third-order valence-electron chi connectivity index (χ3n) is 4.44. The fraction of sp³-hybridized carbons (Fsp3) is 1.00. The maximum absolute atomic E-state index is 3.76. The minimum atomic E-state index is 0.808. The van der Waals surface area contributed by atoms with E-state index in [4.69, 9.17) is 0 Å². The number of hydrogen-bond donors (Lipinski definition) is 1. The summed E-state index contributed by atoms with van der Waals surface area (Å²) >= 11 is 0. The smallest absolute Gasteiger partial charge is 0.0198 e. The van der Waals surface area contributed by atoms with Gasteiger partial charge in [0, 0.05) is 18.6 Å². The van der Waals surface area contributed by atoms with Crippen molar-refractivity contribution in [2.24, 2.45) is 0 Å². The highest BCUT2D eigenvalue weighted by molar-refractivity contribution is 4.89. The van der Waals surface area contributed by atoms with Gasteiger partial charge in [0.1, 0.15) is 0 Å². The molecular weight excluding hydrogens is 208 g/mol. The summed E-state index contributed by atoms with van der Waals surface area (Å²) in [5.41, 5.74) is 0. The Kier molecular flexibility index (Phi) is 5.79. The molecule has 2 unspecified atom stereocenters. The van der Waals surface area contributed by atoms with Gasteiger partial charge in [-0.3, -0.25) is 0 Å². The number of fused-ring (bicyclic) bond motifs is 2. The summed E-state index contributed by atoms with van der Waals surface area (Å²) in [6, 6.07) is 1.65. The molecule has 0 spiro atoms. The van der Waals surface area contributed by atoms with Crippen LogP contribution in [0.2, 0.25) is 0 Å². The zero-order valence-corrected chi connectivity index (χ0v) is 11.6. The molecule has 0 saturated carbocycles. The number of hydrogen-bond acceptors (Lipinski definition) is 2. The molecule has 2 heteroatoms. The Morgan fingerprint density at radius 2 is 1.71 bits per heavy atom. The summed E-state index contributed by atoms with van der Waals surface area (Å²) in [6.45, 7) is 6.28. The van der Waals surface area contributed by atoms with Gasteiger partial charge in [-0.2, -0.15) is 0 Å². The van der Waals surface area contributed by atoms with Gasteiger partial charge in [0.25, 0.3) is 0 Å². The zero-order valence-electron chi connectivity index (χ0n) is 11.6. The zero-order chi connectivity index (χ0) is 11.9. The molecule has 0 aromatic rings. The minimum absolute atomic E-state index is 0.808. The van der Waals surface area contributed by atoms with Crippen LogP contribution in [0.5, 0.6) is 0 Å². The van der Waals surface area contributed by atoms with E-state index in [2.05, 4.69) is 17.1 Å². The lowest BCUT2D eigenvalue weighted by Gasteiger charge is -2.23. The lowest BCUT2D eigenvalue weighted by molar-refractivity contribution is 0.253. The Morgan fingerprint density at radius 3 is 2.59 bits per heavy atom. The standard InChI is InChI=1S/C15H30N2/c1-2-3-4-5-6-7-11-17-12-10-14-8-9-15(13-17)16-14/h14-16H,2-13H2,1H3. The van der Waals surface area contributed by atoms with Gasteiger partial charge in [-0.25, -0.2) is 0 Å². The summed E-state index contributed by atoms with van der Waals surface area (Å²) in [5.74, 6) is 0. The van der Waals surface area contributed by atoms with Crippen molar-refractivity contribution in [2.45, 2.75) is 76.8 Å². The SMILES string of the molecule is CCCCCCCCN1CCC2CCC(C1)N2. The van der Waals surface area contributed by atoms with Crippen LogP contribution in [-0.4, -0.2) is 36.6 Å². The summed E-state index contributed by atoms with van der Waals surface area (Å²) in [5, 5.41) is 3.76. The van der Waals surface area contributed by atoms with E-state index in [9.17, 15) is 0 Å². The lowest BCUT2D eigenvalue weighted by Crippen LogP contribution is -2.35. The molecule has 2 atom stereocenters. The molecule has 100 valence electrons. The molecule has 0 radical (unpaired) electrons. The minimum Gasteiger partial charge on any atom is -0.310 e. The average Bonchev–Trinajstić information content (AvgIpc) is 2.66. The molecular formula is C15H30N2. The third kappa shape index (κ3) is 4.59. The quantitative estimate of drug-likeness (QED) is 0.685. The third-order valence-corrected chi connectivity index (χ3v) is 4.44. The second-order valence-corrected chi connectivity index (χ2v) is 5.99. The van der Waals surface area contributed by atoms with Crippen LogP contribution in [-0.2, 0) is 0 Å². The fourth-order valence-electron chi connectivity index (χ4n) is 3.33. The molecule has 1 N–H and O–H groups in total. The summed E-state index contributed by atoms with van der Waals surface area (Å²) < 4.78 is 0. The van der Waals surface area contributed by atoms with Crippen LogP contribution >= 0.6 is 0 Å². The average molecular weight is 238 g/mol. The van der Waals surface area contributed by atoms with Crippen molar-refractivity contribution in [3.63, 3.8) is 0 Å². The van der Waals surface area contributed by atoms with E-state index < -0.39 is 0 Å². The topological polar surface area (TPSA) is 15.3 Å². The van der Waals surface area contributed by atoms with E-state index in [1.54, 1.807) is 0 Å². The van der Waals surface area contributed by atoms with Gasteiger partial charge in [-0.05, 0) is 38.8 Å². The predicted octanol–water partition coefficient (Wildman–Crippen LogP) is 3.17. The highest BCUT2D eigenvalue weighted by Gasteiger charge is 2.28.